The van der Waals surface area contributed by atoms with Gasteiger partial charge in [-0.25, -0.2) is 0 Å². The zero-order chi connectivity index (χ0) is 22.0. The summed E-state index contributed by atoms with van der Waals surface area (Å²) in [6.45, 7) is 8.52. The summed E-state index contributed by atoms with van der Waals surface area (Å²) in [6, 6.07) is 0. The molecule has 1 aliphatic rings. The van der Waals surface area contributed by atoms with Crippen LogP contribution in [0.3, 0.4) is 0 Å². The van der Waals surface area contributed by atoms with Crippen molar-refractivity contribution in [3.63, 3.8) is 0 Å². The van der Waals surface area contributed by atoms with E-state index in [1.807, 2.05) is 6.92 Å². The molecule has 174 valence electrons. The van der Waals surface area contributed by atoms with Crippen LogP contribution >= 0.6 is 11.8 Å². The maximum atomic E-state index is 10.3. The third-order valence-corrected chi connectivity index (χ3v) is 6.91. The number of unbranched alkanes of at least 4 members (excludes halogenated alkanes) is 2. The average Bonchev–Trinajstić information content (AvgIpc) is 2.69. The summed E-state index contributed by atoms with van der Waals surface area (Å²) in [7, 11) is 0. The number of rotatable bonds is 14. The summed E-state index contributed by atoms with van der Waals surface area (Å²) in [6.07, 6.45) is -1.62. The van der Waals surface area contributed by atoms with Crippen molar-refractivity contribution in [1.29, 1.82) is 0 Å². The van der Waals surface area contributed by atoms with E-state index in [0.717, 1.165) is 32.1 Å². The van der Waals surface area contributed by atoms with E-state index in [-0.39, 0.29) is 17.8 Å². The molecule has 0 bridgehead atoms. The molecule has 8 heteroatoms. The summed E-state index contributed by atoms with van der Waals surface area (Å²) < 4.78 is 11.3. The highest BCUT2D eigenvalue weighted by atomic mass is 32.2. The molecule has 0 aromatic carbocycles. The lowest BCUT2D eigenvalue weighted by Crippen LogP contribution is -2.59. The number of hydrogen-bond donors (Lipinski definition) is 5. The molecule has 0 aliphatic carbocycles. The lowest BCUT2D eigenvalue weighted by molar-refractivity contribution is -0.293. The molecular weight excluding hydrogens is 396 g/mol. The first-order chi connectivity index (χ1) is 13.6. The number of thioether (sulfide) groups is 1. The molecule has 0 aromatic rings. The lowest BCUT2D eigenvalue weighted by Gasteiger charge is -2.41. The highest BCUT2D eigenvalue weighted by molar-refractivity contribution is 8.00. The van der Waals surface area contributed by atoms with Crippen LogP contribution in [0.4, 0.5) is 0 Å². The van der Waals surface area contributed by atoms with Gasteiger partial charge in [-0.2, -0.15) is 11.8 Å². The number of ether oxygens (including phenoxy) is 2. The van der Waals surface area contributed by atoms with Crippen LogP contribution in [-0.2, 0) is 9.47 Å². The second-order valence-electron chi connectivity index (χ2n) is 8.63. The van der Waals surface area contributed by atoms with E-state index in [9.17, 15) is 25.5 Å². The molecule has 0 aromatic heterocycles. The zero-order valence-corrected chi connectivity index (χ0v) is 19.2. The monoisotopic (exact) mass is 438 g/mol. The van der Waals surface area contributed by atoms with E-state index in [1.165, 1.54) is 0 Å². The molecular formula is C21H42O7S. The number of aliphatic hydroxyl groups is 5. The van der Waals surface area contributed by atoms with Gasteiger partial charge in [-0.1, -0.05) is 53.4 Å². The number of aliphatic hydroxyl groups excluding tert-OH is 5. The van der Waals surface area contributed by atoms with Crippen LogP contribution in [0.15, 0.2) is 0 Å². The van der Waals surface area contributed by atoms with Gasteiger partial charge in [-0.05, 0) is 19.3 Å². The van der Waals surface area contributed by atoms with Crippen molar-refractivity contribution < 1.29 is 35.0 Å². The average molecular weight is 439 g/mol. The van der Waals surface area contributed by atoms with Gasteiger partial charge in [0.15, 0.2) is 6.29 Å². The van der Waals surface area contributed by atoms with E-state index in [2.05, 4.69) is 20.8 Å². The van der Waals surface area contributed by atoms with Crippen molar-refractivity contribution in [2.75, 3.05) is 12.4 Å². The molecule has 1 rings (SSSR count). The van der Waals surface area contributed by atoms with Crippen molar-refractivity contribution in [3.8, 4) is 0 Å². The second kappa shape index (κ2) is 13.5. The Bertz CT molecular complexity index is 437. The topological polar surface area (TPSA) is 120 Å². The molecule has 29 heavy (non-hydrogen) atoms. The van der Waals surface area contributed by atoms with E-state index in [0.29, 0.717) is 12.2 Å². The van der Waals surface area contributed by atoms with Crippen LogP contribution < -0.4 is 0 Å². The van der Waals surface area contributed by atoms with Gasteiger partial charge in [0.25, 0.3) is 0 Å². The van der Waals surface area contributed by atoms with Gasteiger partial charge in [-0.3, -0.25) is 0 Å². The maximum Gasteiger partial charge on any atom is 0.186 e. The van der Waals surface area contributed by atoms with E-state index < -0.39 is 42.9 Å². The first-order valence-corrected chi connectivity index (χ1v) is 11.9. The highest BCUT2D eigenvalue weighted by Crippen LogP contribution is 2.33. The van der Waals surface area contributed by atoms with Crippen molar-refractivity contribution in [2.24, 2.45) is 0 Å². The van der Waals surface area contributed by atoms with Gasteiger partial charge >= 0.3 is 0 Å². The standard InChI is InChI=1S/C21H42O7S/c1-5-7-9-14(22)15(23)10-12-27-20-19(26)18(25)17(24)16(28-20)13-29-21(3,4)11-8-6-2/h14-20,22-26H,5-13H2,1-4H3. The van der Waals surface area contributed by atoms with Gasteiger partial charge in [0, 0.05) is 10.5 Å². The molecule has 0 spiro atoms. The normalized spacial score (nSPS) is 30.3. The van der Waals surface area contributed by atoms with Crippen LogP contribution in [0.2, 0.25) is 0 Å². The van der Waals surface area contributed by atoms with Crippen molar-refractivity contribution in [2.45, 2.75) is 120 Å². The molecule has 7 atom stereocenters. The van der Waals surface area contributed by atoms with Gasteiger partial charge in [0.1, 0.15) is 18.3 Å². The van der Waals surface area contributed by atoms with Crippen LogP contribution in [0.1, 0.15) is 72.6 Å². The SMILES string of the molecule is CCCCC(O)C(O)CCOC1OC(CSC(C)(C)CCCC)C(O)C(O)C1O. The molecule has 1 aliphatic heterocycles. The Morgan fingerprint density at radius 2 is 1.55 bits per heavy atom. The number of hydrogen-bond acceptors (Lipinski definition) is 8. The van der Waals surface area contributed by atoms with Crippen LogP contribution in [0.5, 0.6) is 0 Å². The fraction of sp³-hybridized carbons (Fsp3) is 1.00. The smallest absolute Gasteiger partial charge is 0.186 e. The molecule has 1 heterocycles. The Hall–Kier alpha value is 0.0700. The minimum absolute atomic E-state index is 0.0230. The van der Waals surface area contributed by atoms with E-state index >= 15 is 0 Å². The predicted octanol–water partition coefficient (Wildman–Crippen LogP) is 1.81. The van der Waals surface area contributed by atoms with Crippen molar-refractivity contribution >= 4 is 11.8 Å². The Kier molecular flexibility index (Phi) is 12.6. The molecule has 7 unspecified atom stereocenters. The summed E-state index contributed by atoms with van der Waals surface area (Å²) in [5.41, 5.74) is 0. The van der Waals surface area contributed by atoms with Gasteiger partial charge < -0.3 is 35.0 Å². The fourth-order valence-electron chi connectivity index (χ4n) is 3.28. The first kappa shape index (κ1) is 27.1. The van der Waals surface area contributed by atoms with Crippen molar-refractivity contribution in [1.82, 2.24) is 0 Å². The molecule has 0 amide bonds. The maximum absolute atomic E-state index is 10.3. The van der Waals surface area contributed by atoms with Gasteiger partial charge in [-0.15, -0.1) is 0 Å². The summed E-state index contributed by atoms with van der Waals surface area (Å²) >= 11 is 1.67. The van der Waals surface area contributed by atoms with Gasteiger partial charge in [0.2, 0.25) is 0 Å². The summed E-state index contributed by atoms with van der Waals surface area (Å²) in [5, 5.41) is 50.6. The predicted molar refractivity (Wildman–Crippen MR) is 115 cm³/mol. The molecule has 7 nitrogen and oxygen atoms in total. The van der Waals surface area contributed by atoms with Gasteiger partial charge in [0.05, 0.1) is 24.9 Å². The largest absolute Gasteiger partial charge is 0.390 e. The molecule has 5 N–H and O–H groups in total. The Balaban J connectivity index is 2.52. The minimum atomic E-state index is -1.37. The third-order valence-electron chi connectivity index (χ3n) is 5.43. The minimum Gasteiger partial charge on any atom is -0.390 e. The third kappa shape index (κ3) is 9.39. The molecule has 0 radical (unpaired) electrons. The van der Waals surface area contributed by atoms with Crippen LogP contribution in [0.25, 0.3) is 0 Å². The van der Waals surface area contributed by atoms with E-state index in [4.69, 9.17) is 9.47 Å². The van der Waals surface area contributed by atoms with Crippen LogP contribution in [-0.4, -0.2) is 85.6 Å². The molecule has 1 fully saturated rings. The zero-order valence-electron chi connectivity index (χ0n) is 18.4. The Morgan fingerprint density at radius 3 is 2.17 bits per heavy atom. The van der Waals surface area contributed by atoms with Crippen molar-refractivity contribution in [3.05, 3.63) is 0 Å². The quantitative estimate of drug-likeness (QED) is 0.279. The highest BCUT2D eigenvalue weighted by Gasteiger charge is 2.44. The Labute approximate surface area is 179 Å². The summed E-state index contributed by atoms with van der Waals surface area (Å²) in [5.74, 6) is 0.472. The lowest BCUT2D eigenvalue weighted by atomic mass is 10.00. The summed E-state index contributed by atoms with van der Waals surface area (Å²) in [4.78, 5) is 0. The molecule has 1 saturated heterocycles. The Morgan fingerprint density at radius 1 is 0.931 bits per heavy atom. The second-order valence-corrected chi connectivity index (χ2v) is 10.4. The van der Waals surface area contributed by atoms with Crippen LogP contribution in [0, 0.1) is 0 Å². The fourth-order valence-corrected chi connectivity index (χ4v) is 4.46. The molecule has 0 saturated carbocycles. The first-order valence-electron chi connectivity index (χ1n) is 10.9. The van der Waals surface area contributed by atoms with E-state index in [1.54, 1.807) is 11.8 Å².